The molecule has 2 rings (SSSR count). The van der Waals surface area contributed by atoms with Crippen molar-refractivity contribution in [1.82, 2.24) is 4.90 Å². The zero-order chi connectivity index (χ0) is 19.9. The second kappa shape index (κ2) is 6.69. The van der Waals surface area contributed by atoms with Crippen molar-refractivity contribution in [1.29, 1.82) is 0 Å². The van der Waals surface area contributed by atoms with Crippen LogP contribution in [0.15, 0.2) is 18.2 Å². The molecular weight excluding hydrogens is 370 g/mol. The van der Waals surface area contributed by atoms with Crippen molar-refractivity contribution < 1.29 is 41.0 Å². The molecule has 0 radical (unpaired) electrons. The van der Waals surface area contributed by atoms with E-state index in [1.54, 1.807) is 0 Å². The van der Waals surface area contributed by atoms with E-state index in [2.05, 4.69) is 5.32 Å². The first-order valence-corrected chi connectivity index (χ1v) is 7.34. The minimum absolute atomic E-state index is 0.0390. The van der Waals surface area contributed by atoms with Crippen molar-refractivity contribution in [3.63, 3.8) is 0 Å². The molecule has 2 N–H and O–H groups in total. The number of aliphatic carboxylic acids is 1. The second-order valence-corrected chi connectivity index (χ2v) is 5.96. The van der Waals surface area contributed by atoms with Gasteiger partial charge in [-0.25, -0.2) is 4.79 Å². The maximum absolute atomic E-state index is 12.9. The molecule has 1 aromatic carbocycles. The van der Waals surface area contributed by atoms with Gasteiger partial charge in [0.15, 0.2) is 0 Å². The number of amides is 2. The van der Waals surface area contributed by atoms with Crippen LogP contribution in [0.1, 0.15) is 11.1 Å². The van der Waals surface area contributed by atoms with Gasteiger partial charge in [0.1, 0.15) is 0 Å². The zero-order valence-corrected chi connectivity index (χ0v) is 13.3. The maximum Gasteiger partial charge on any atom is 0.416 e. The fourth-order valence-electron chi connectivity index (χ4n) is 2.81. The van der Waals surface area contributed by atoms with Crippen LogP contribution in [0.3, 0.4) is 0 Å². The summed E-state index contributed by atoms with van der Waals surface area (Å²) in [5.74, 6) is -5.68. The van der Waals surface area contributed by atoms with Gasteiger partial charge in [0.05, 0.1) is 17.4 Å². The fraction of sp³-hybridized carbons (Fsp3) is 0.467. The van der Waals surface area contributed by atoms with Gasteiger partial charge in [-0.3, -0.25) is 4.79 Å². The van der Waals surface area contributed by atoms with Gasteiger partial charge in [-0.2, -0.15) is 26.3 Å². The van der Waals surface area contributed by atoms with E-state index >= 15 is 0 Å². The summed E-state index contributed by atoms with van der Waals surface area (Å²) >= 11 is 0. The van der Waals surface area contributed by atoms with Crippen molar-refractivity contribution in [3.8, 4) is 0 Å². The molecule has 5 nitrogen and oxygen atoms in total. The Bertz CT molecular complexity index is 716. The van der Waals surface area contributed by atoms with Crippen LogP contribution in [0.5, 0.6) is 0 Å². The molecule has 0 unspecified atom stereocenters. The Morgan fingerprint density at radius 2 is 1.77 bits per heavy atom. The molecule has 1 aliphatic heterocycles. The molecule has 2 atom stereocenters. The monoisotopic (exact) mass is 384 g/mol. The van der Waals surface area contributed by atoms with Crippen molar-refractivity contribution in [2.24, 2.45) is 11.8 Å². The van der Waals surface area contributed by atoms with E-state index in [0.717, 1.165) is 18.2 Å². The molecular formula is C15H14F6N2O3. The summed E-state index contributed by atoms with van der Waals surface area (Å²) in [7, 11) is 0. The van der Waals surface area contributed by atoms with E-state index in [0.29, 0.717) is 4.90 Å². The van der Waals surface area contributed by atoms with E-state index in [1.165, 1.54) is 6.92 Å². The third-order valence-corrected chi connectivity index (χ3v) is 4.13. The molecule has 0 bridgehead atoms. The van der Waals surface area contributed by atoms with E-state index < -0.39 is 54.8 Å². The number of nitrogens with one attached hydrogen (secondary N) is 1. The molecule has 144 valence electrons. The van der Waals surface area contributed by atoms with E-state index in [-0.39, 0.29) is 11.3 Å². The van der Waals surface area contributed by atoms with Gasteiger partial charge >= 0.3 is 24.4 Å². The van der Waals surface area contributed by atoms with Crippen molar-refractivity contribution in [2.75, 3.05) is 18.4 Å². The number of likely N-dealkylation sites (tertiary alicyclic amines) is 1. The molecule has 1 saturated heterocycles. The normalized spacial score (nSPS) is 21.0. The Hall–Kier alpha value is -2.46. The number of hydrogen-bond donors (Lipinski definition) is 2. The second-order valence-electron chi connectivity index (χ2n) is 5.96. The lowest BCUT2D eigenvalue weighted by molar-refractivity contribution is -0.187. The van der Waals surface area contributed by atoms with Crippen LogP contribution in [0, 0.1) is 18.8 Å². The van der Waals surface area contributed by atoms with Gasteiger partial charge in [0.2, 0.25) is 0 Å². The highest BCUT2D eigenvalue weighted by atomic mass is 19.4. The first kappa shape index (κ1) is 19.9. The predicted octanol–water partition coefficient (Wildman–Crippen LogP) is 3.74. The van der Waals surface area contributed by atoms with Crippen LogP contribution >= 0.6 is 0 Å². The van der Waals surface area contributed by atoms with Crippen LogP contribution in [-0.2, 0) is 11.0 Å². The number of aryl methyl sites for hydroxylation is 1. The average Bonchev–Trinajstić information content (AvgIpc) is 2.91. The van der Waals surface area contributed by atoms with Crippen LogP contribution < -0.4 is 5.32 Å². The van der Waals surface area contributed by atoms with Gasteiger partial charge in [0.25, 0.3) is 0 Å². The number of alkyl halides is 6. The molecule has 26 heavy (non-hydrogen) atoms. The number of nitrogens with zero attached hydrogens (tertiary/aromatic N) is 1. The van der Waals surface area contributed by atoms with E-state index in [1.807, 2.05) is 0 Å². The largest absolute Gasteiger partial charge is 0.481 e. The summed E-state index contributed by atoms with van der Waals surface area (Å²) in [5.41, 5.74) is -1.11. The number of anilines is 1. The summed E-state index contributed by atoms with van der Waals surface area (Å²) in [6.45, 7) is -0.314. The number of carboxylic acids is 1. The highest BCUT2D eigenvalue weighted by Gasteiger charge is 2.53. The van der Waals surface area contributed by atoms with Crippen molar-refractivity contribution in [2.45, 2.75) is 19.3 Å². The molecule has 1 aliphatic rings. The third-order valence-electron chi connectivity index (χ3n) is 4.13. The molecule has 0 spiro atoms. The van der Waals surface area contributed by atoms with Crippen LogP contribution in [0.4, 0.5) is 36.8 Å². The van der Waals surface area contributed by atoms with Gasteiger partial charge in [0, 0.05) is 18.8 Å². The lowest BCUT2D eigenvalue weighted by atomic mass is 9.96. The Morgan fingerprint density at radius 1 is 1.15 bits per heavy atom. The number of halogens is 6. The summed E-state index contributed by atoms with van der Waals surface area (Å²) in [5, 5.41) is 11.1. The molecule has 1 fully saturated rings. The van der Waals surface area contributed by atoms with Crippen LogP contribution in [-0.4, -0.2) is 41.3 Å². The third kappa shape index (κ3) is 4.20. The number of urea groups is 1. The van der Waals surface area contributed by atoms with E-state index in [9.17, 15) is 35.9 Å². The molecule has 2 amide bonds. The SMILES string of the molecule is Cc1cc(NC(=O)N2C[C@@H](C(F)(F)F)[C@H](C(=O)O)C2)ccc1C(F)(F)F. The Morgan fingerprint density at radius 3 is 2.19 bits per heavy atom. The Balaban J connectivity index is 2.13. The minimum Gasteiger partial charge on any atom is -0.481 e. The number of benzene rings is 1. The number of hydrogen-bond acceptors (Lipinski definition) is 2. The Labute approximate surface area is 143 Å². The number of carbonyl (C=O) groups is 2. The number of rotatable bonds is 2. The minimum atomic E-state index is -4.79. The number of carbonyl (C=O) groups excluding carboxylic acids is 1. The highest BCUT2D eigenvalue weighted by Crippen LogP contribution is 2.38. The fourth-order valence-corrected chi connectivity index (χ4v) is 2.81. The predicted molar refractivity (Wildman–Crippen MR) is 77.4 cm³/mol. The summed E-state index contributed by atoms with van der Waals surface area (Å²) in [4.78, 5) is 23.8. The van der Waals surface area contributed by atoms with Gasteiger partial charge in [-0.1, -0.05) is 0 Å². The topological polar surface area (TPSA) is 69.6 Å². The van der Waals surface area contributed by atoms with E-state index in [4.69, 9.17) is 5.11 Å². The van der Waals surface area contributed by atoms with Crippen molar-refractivity contribution in [3.05, 3.63) is 29.3 Å². The standard InChI is InChI=1S/C15H14F6N2O3/c1-7-4-8(2-3-10(7)14(16,17)18)22-13(26)23-5-9(12(24)25)11(6-23)15(19,20)21/h2-4,9,11H,5-6H2,1H3,(H,22,26)(H,24,25)/t9-,11-/m1/s1. The van der Waals surface area contributed by atoms with Crippen LogP contribution in [0.2, 0.25) is 0 Å². The smallest absolute Gasteiger partial charge is 0.416 e. The molecule has 0 aliphatic carbocycles. The van der Waals surface area contributed by atoms with Gasteiger partial charge in [-0.05, 0) is 30.7 Å². The number of carboxylic acid groups (broad SMARTS) is 1. The molecule has 0 aromatic heterocycles. The Kier molecular flexibility index (Phi) is 5.11. The van der Waals surface area contributed by atoms with Crippen LogP contribution in [0.25, 0.3) is 0 Å². The summed E-state index contributed by atoms with van der Waals surface area (Å²) < 4.78 is 76.9. The van der Waals surface area contributed by atoms with Crippen molar-refractivity contribution >= 4 is 17.7 Å². The lowest BCUT2D eigenvalue weighted by Gasteiger charge is -2.19. The zero-order valence-electron chi connectivity index (χ0n) is 13.3. The lowest BCUT2D eigenvalue weighted by Crippen LogP contribution is -2.35. The molecule has 0 saturated carbocycles. The average molecular weight is 384 g/mol. The molecule has 1 heterocycles. The first-order chi connectivity index (χ1) is 11.8. The highest BCUT2D eigenvalue weighted by molar-refractivity contribution is 5.90. The van der Waals surface area contributed by atoms with Gasteiger partial charge < -0.3 is 15.3 Å². The molecule has 11 heteroatoms. The maximum atomic E-state index is 12.9. The summed E-state index contributed by atoms with van der Waals surface area (Å²) in [6, 6.07) is 1.74. The molecule has 1 aromatic rings. The van der Waals surface area contributed by atoms with Gasteiger partial charge in [-0.15, -0.1) is 0 Å². The quantitative estimate of drug-likeness (QED) is 0.764. The first-order valence-electron chi connectivity index (χ1n) is 7.34. The summed E-state index contributed by atoms with van der Waals surface area (Å²) in [6.07, 6.45) is -9.36.